The molecule has 0 heterocycles. The number of hydrogen-bond donors (Lipinski definition) is 3. The maximum Gasteiger partial charge on any atom is 0.271 e. The van der Waals surface area contributed by atoms with Crippen molar-refractivity contribution in [2.75, 3.05) is 6.61 Å². The van der Waals surface area contributed by atoms with E-state index in [0.29, 0.717) is 10.8 Å². The van der Waals surface area contributed by atoms with Crippen molar-refractivity contribution in [2.24, 2.45) is 0 Å². The first kappa shape index (κ1) is 18.7. The Morgan fingerprint density at radius 1 is 1.12 bits per heavy atom. The van der Waals surface area contributed by atoms with Gasteiger partial charge in [0.25, 0.3) is 11.8 Å². The Balaban J connectivity index is 1.75. The van der Waals surface area contributed by atoms with Crippen molar-refractivity contribution in [3.05, 3.63) is 64.7 Å². The molecule has 0 saturated carbocycles. The lowest BCUT2D eigenvalue weighted by Crippen LogP contribution is -2.49. The number of aryl methyl sites for hydroxylation is 1. The third kappa shape index (κ3) is 6.06. The van der Waals surface area contributed by atoms with Gasteiger partial charge in [0.05, 0.1) is 10.6 Å². The zero-order valence-corrected chi connectivity index (χ0v) is 14.9. The molecule has 25 heavy (non-hydrogen) atoms. The van der Waals surface area contributed by atoms with Crippen molar-refractivity contribution in [2.45, 2.75) is 6.92 Å². The summed E-state index contributed by atoms with van der Waals surface area (Å²) >= 11 is 10.9. The van der Waals surface area contributed by atoms with Crippen LogP contribution in [0.4, 0.5) is 0 Å². The molecule has 3 N–H and O–H groups in total. The van der Waals surface area contributed by atoms with Crippen LogP contribution in [0, 0.1) is 6.92 Å². The van der Waals surface area contributed by atoms with E-state index in [9.17, 15) is 9.59 Å². The maximum absolute atomic E-state index is 11.9. The van der Waals surface area contributed by atoms with Gasteiger partial charge in [0.2, 0.25) is 0 Å². The Hall–Kier alpha value is -2.64. The summed E-state index contributed by atoms with van der Waals surface area (Å²) < 4.78 is 5.36. The van der Waals surface area contributed by atoms with Gasteiger partial charge in [-0.25, -0.2) is 0 Å². The zero-order chi connectivity index (χ0) is 18.2. The minimum atomic E-state index is -0.474. The molecular formula is C17H16ClN3O3S. The number of rotatable bonds is 4. The minimum absolute atomic E-state index is 0.0572. The van der Waals surface area contributed by atoms with Gasteiger partial charge in [0.15, 0.2) is 11.7 Å². The zero-order valence-electron chi connectivity index (χ0n) is 13.3. The maximum atomic E-state index is 11.9. The van der Waals surface area contributed by atoms with Crippen LogP contribution in [0.15, 0.2) is 48.5 Å². The molecule has 0 saturated heterocycles. The summed E-state index contributed by atoms with van der Waals surface area (Å²) in [5.41, 5.74) is 6.10. The third-order valence-corrected chi connectivity index (χ3v) is 3.55. The number of thiocarbonyl (C=S) groups is 1. The molecule has 2 aromatic rings. The van der Waals surface area contributed by atoms with E-state index in [1.807, 2.05) is 25.1 Å². The van der Waals surface area contributed by atoms with Gasteiger partial charge in [-0.2, -0.15) is 0 Å². The predicted molar refractivity (Wildman–Crippen MR) is 99.5 cm³/mol. The van der Waals surface area contributed by atoms with Crippen molar-refractivity contribution in [3.8, 4) is 5.75 Å². The molecule has 0 fully saturated rings. The Morgan fingerprint density at radius 2 is 1.88 bits per heavy atom. The quantitative estimate of drug-likeness (QED) is 0.563. The molecule has 0 aliphatic heterocycles. The summed E-state index contributed by atoms with van der Waals surface area (Å²) in [6.45, 7) is 1.72. The van der Waals surface area contributed by atoms with Crippen LogP contribution in [0.3, 0.4) is 0 Å². The van der Waals surface area contributed by atoms with Gasteiger partial charge in [-0.15, -0.1) is 0 Å². The summed E-state index contributed by atoms with van der Waals surface area (Å²) in [6, 6.07) is 13.9. The number of halogens is 1. The fourth-order valence-electron chi connectivity index (χ4n) is 1.87. The number of amides is 2. The minimum Gasteiger partial charge on any atom is -0.484 e. The van der Waals surface area contributed by atoms with Crippen molar-refractivity contribution < 1.29 is 14.3 Å². The third-order valence-electron chi connectivity index (χ3n) is 3.02. The molecular weight excluding hydrogens is 362 g/mol. The van der Waals surface area contributed by atoms with Crippen LogP contribution in [0.2, 0.25) is 5.02 Å². The molecule has 2 rings (SSSR count). The van der Waals surface area contributed by atoms with Crippen molar-refractivity contribution >= 4 is 40.7 Å². The Kier molecular flexibility index (Phi) is 6.73. The number of benzene rings is 2. The van der Waals surface area contributed by atoms with Crippen LogP contribution < -0.4 is 20.9 Å². The number of ether oxygens (including phenoxy) is 1. The van der Waals surface area contributed by atoms with Crippen molar-refractivity contribution in [1.82, 2.24) is 16.2 Å². The van der Waals surface area contributed by atoms with E-state index in [2.05, 4.69) is 16.2 Å². The topological polar surface area (TPSA) is 79.5 Å². The summed E-state index contributed by atoms with van der Waals surface area (Å²) in [4.78, 5) is 23.7. The Morgan fingerprint density at radius 3 is 2.60 bits per heavy atom. The molecule has 6 nitrogen and oxygen atoms in total. The SMILES string of the molecule is Cc1cccc(OCC(=O)NC(=S)NNC(=O)c2ccccc2Cl)c1. The number of carbonyl (C=O) groups is 2. The number of hydrogen-bond acceptors (Lipinski definition) is 4. The smallest absolute Gasteiger partial charge is 0.271 e. The van der Waals surface area contributed by atoms with E-state index in [-0.39, 0.29) is 17.3 Å². The van der Waals surface area contributed by atoms with Crippen LogP contribution >= 0.6 is 23.8 Å². The molecule has 0 bridgehead atoms. The first-order valence-corrected chi connectivity index (χ1v) is 8.08. The second kappa shape index (κ2) is 9.00. The molecule has 0 aliphatic rings. The predicted octanol–water partition coefficient (Wildman–Crippen LogP) is 2.36. The average molecular weight is 378 g/mol. The lowest BCUT2D eigenvalue weighted by molar-refractivity contribution is -0.121. The van der Waals surface area contributed by atoms with Crippen molar-refractivity contribution in [3.63, 3.8) is 0 Å². The lowest BCUT2D eigenvalue weighted by Gasteiger charge is -2.12. The highest BCUT2D eigenvalue weighted by Gasteiger charge is 2.10. The second-order valence-corrected chi connectivity index (χ2v) is 5.86. The van der Waals surface area contributed by atoms with Crippen LogP contribution in [0.1, 0.15) is 15.9 Å². The van der Waals surface area contributed by atoms with Gasteiger partial charge < -0.3 is 4.74 Å². The van der Waals surface area contributed by atoms with Gasteiger partial charge in [-0.1, -0.05) is 35.9 Å². The molecule has 0 atom stereocenters. The van der Waals surface area contributed by atoms with Gasteiger partial charge in [0.1, 0.15) is 5.75 Å². The number of carbonyl (C=O) groups excluding carboxylic acids is 2. The Labute approximate surface area is 155 Å². The van der Waals surface area contributed by atoms with Crippen LogP contribution in [-0.4, -0.2) is 23.5 Å². The van der Waals surface area contributed by atoms with Crippen molar-refractivity contribution in [1.29, 1.82) is 0 Å². The molecule has 2 aromatic carbocycles. The van der Waals surface area contributed by atoms with Crippen LogP contribution in [0.5, 0.6) is 5.75 Å². The second-order valence-electron chi connectivity index (χ2n) is 5.04. The summed E-state index contributed by atoms with van der Waals surface area (Å²) in [5.74, 6) is -0.342. The standard InChI is InChI=1S/C17H16ClN3O3S/c1-11-5-4-6-12(9-11)24-10-15(22)19-17(25)21-20-16(23)13-7-2-3-8-14(13)18/h2-9H,10H2,1H3,(H,20,23)(H2,19,21,22,25). The fraction of sp³-hybridized carbons (Fsp3) is 0.118. The summed E-state index contributed by atoms with van der Waals surface area (Å²) in [6.07, 6.45) is 0. The highest BCUT2D eigenvalue weighted by atomic mass is 35.5. The number of nitrogens with one attached hydrogen (secondary N) is 3. The highest BCUT2D eigenvalue weighted by Crippen LogP contribution is 2.14. The van der Waals surface area contributed by atoms with E-state index in [4.69, 9.17) is 28.6 Å². The first-order chi connectivity index (χ1) is 12.0. The van der Waals surface area contributed by atoms with Crippen LogP contribution in [0.25, 0.3) is 0 Å². The van der Waals surface area contributed by atoms with Gasteiger partial charge in [0, 0.05) is 0 Å². The molecule has 0 unspecified atom stereocenters. The van der Waals surface area contributed by atoms with E-state index in [0.717, 1.165) is 5.56 Å². The molecule has 0 aromatic heterocycles. The fourth-order valence-corrected chi connectivity index (χ4v) is 2.26. The van der Waals surface area contributed by atoms with E-state index < -0.39 is 11.8 Å². The molecule has 2 amide bonds. The van der Waals surface area contributed by atoms with E-state index in [1.54, 1.807) is 30.3 Å². The van der Waals surface area contributed by atoms with Gasteiger partial charge >= 0.3 is 0 Å². The molecule has 130 valence electrons. The van der Waals surface area contributed by atoms with Gasteiger partial charge in [-0.3, -0.25) is 25.8 Å². The molecule has 0 spiro atoms. The average Bonchev–Trinajstić information content (AvgIpc) is 2.58. The summed E-state index contributed by atoms with van der Waals surface area (Å²) in [5, 5.41) is 2.65. The molecule has 8 heteroatoms. The van der Waals surface area contributed by atoms with E-state index >= 15 is 0 Å². The largest absolute Gasteiger partial charge is 0.484 e. The Bertz CT molecular complexity index is 798. The van der Waals surface area contributed by atoms with Gasteiger partial charge in [-0.05, 0) is 49.0 Å². The monoisotopic (exact) mass is 377 g/mol. The summed E-state index contributed by atoms with van der Waals surface area (Å²) in [7, 11) is 0. The molecule has 0 aliphatic carbocycles. The van der Waals surface area contributed by atoms with Crippen LogP contribution in [-0.2, 0) is 4.79 Å². The first-order valence-electron chi connectivity index (χ1n) is 7.30. The molecule has 0 radical (unpaired) electrons. The normalized spacial score (nSPS) is 9.84. The van der Waals surface area contributed by atoms with E-state index in [1.165, 1.54) is 0 Å². The highest BCUT2D eigenvalue weighted by molar-refractivity contribution is 7.80. The number of hydrazine groups is 1. The lowest BCUT2D eigenvalue weighted by atomic mass is 10.2.